The zero-order valence-corrected chi connectivity index (χ0v) is 23.4. The average Bonchev–Trinajstić information content (AvgIpc) is 2.82. The van der Waals surface area contributed by atoms with Gasteiger partial charge in [0.15, 0.2) is 0 Å². The zero-order chi connectivity index (χ0) is 25.0. The molecule has 4 rings (SSSR count). The molecule has 3 aromatic carbocycles. The van der Waals surface area contributed by atoms with Gasteiger partial charge in [-0.2, -0.15) is 11.8 Å². The number of hydrogen-bond acceptors (Lipinski definition) is 4. The summed E-state index contributed by atoms with van der Waals surface area (Å²) < 4.78 is 45.1. The number of thioether (sulfide) groups is 1. The number of amides is 1. The number of hydrogen-bond donors (Lipinski definition) is 1. The minimum Gasteiger partial charge on any atom is -0.331 e. The molecular weight excluding hydrogens is 619 g/mol. The first-order valence-corrected chi connectivity index (χ1v) is 15.2. The fraction of sp³-hybridized carbons (Fsp3) is 0.240. The Balaban J connectivity index is 1.66. The number of carbonyl (C=O) groups is 1. The largest absolute Gasteiger partial charge is 0.331 e. The van der Waals surface area contributed by atoms with E-state index in [0.717, 1.165) is 46.5 Å². The third-order valence-corrected chi connectivity index (χ3v) is 9.10. The minimum absolute atomic E-state index is 0.0535. The van der Waals surface area contributed by atoms with Gasteiger partial charge in [-0.1, -0.05) is 50.1 Å². The lowest BCUT2D eigenvalue weighted by Gasteiger charge is -2.34. The molecule has 0 aliphatic carbocycles. The molecule has 0 spiro atoms. The highest BCUT2D eigenvalue weighted by Crippen LogP contribution is 2.28. The van der Waals surface area contributed by atoms with Gasteiger partial charge in [0.25, 0.3) is 15.9 Å². The van der Waals surface area contributed by atoms with E-state index in [1.54, 1.807) is 29.2 Å². The molecule has 1 amide bonds. The van der Waals surface area contributed by atoms with Crippen LogP contribution < -0.4 is 4.72 Å². The van der Waals surface area contributed by atoms with Gasteiger partial charge in [-0.05, 0) is 78.4 Å². The van der Waals surface area contributed by atoms with Gasteiger partial charge in [-0.25, -0.2) is 12.8 Å². The molecule has 35 heavy (non-hydrogen) atoms. The molecule has 1 fully saturated rings. The van der Waals surface area contributed by atoms with E-state index in [9.17, 15) is 17.6 Å². The molecule has 0 radical (unpaired) electrons. The number of nitrogens with zero attached hydrogens (tertiary/aromatic N) is 1. The summed E-state index contributed by atoms with van der Waals surface area (Å²) in [5, 5.41) is 0. The summed E-state index contributed by atoms with van der Waals surface area (Å²) in [4.78, 5) is 15.2. The van der Waals surface area contributed by atoms with Crippen molar-refractivity contribution in [2.45, 2.75) is 30.3 Å². The van der Waals surface area contributed by atoms with E-state index in [4.69, 9.17) is 0 Å². The highest BCUT2D eigenvalue weighted by molar-refractivity contribution is 9.10. The summed E-state index contributed by atoms with van der Waals surface area (Å²) in [6.45, 7) is 0.306. The summed E-state index contributed by atoms with van der Waals surface area (Å²) in [5.74, 6) is 0.570. The third-order valence-electron chi connectivity index (χ3n) is 5.69. The van der Waals surface area contributed by atoms with E-state index in [2.05, 4.69) is 36.6 Å². The van der Waals surface area contributed by atoms with E-state index in [-0.39, 0.29) is 16.5 Å². The maximum absolute atomic E-state index is 14.9. The van der Waals surface area contributed by atoms with Gasteiger partial charge >= 0.3 is 0 Å². The Morgan fingerprint density at radius 3 is 2.37 bits per heavy atom. The molecule has 0 saturated carbocycles. The Labute approximate surface area is 225 Å². The fourth-order valence-corrected chi connectivity index (χ4v) is 6.95. The van der Waals surface area contributed by atoms with Crippen LogP contribution in [0.1, 0.15) is 28.8 Å². The second kappa shape index (κ2) is 11.5. The Morgan fingerprint density at radius 1 is 1.00 bits per heavy atom. The molecule has 0 bridgehead atoms. The Morgan fingerprint density at radius 2 is 1.69 bits per heavy atom. The predicted octanol–water partition coefficient (Wildman–Crippen LogP) is 6.69. The van der Waals surface area contributed by atoms with Crippen molar-refractivity contribution < 1.29 is 17.6 Å². The molecule has 184 valence electrons. The molecule has 3 aromatic rings. The lowest BCUT2D eigenvalue weighted by molar-refractivity contribution is 0.0644. The average molecular weight is 642 g/mol. The minimum atomic E-state index is -4.04. The second-order valence-electron chi connectivity index (χ2n) is 8.16. The van der Waals surface area contributed by atoms with Gasteiger partial charge in [0.1, 0.15) is 5.82 Å². The molecule has 5 nitrogen and oxygen atoms in total. The Bertz CT molecular complexity index is 1330. The summed E-state index contributed by atoms with van der Waals surface area (Å²) in [5.41, 5.74) is 1.01. The van der Waals surface area contributed by atoms with Gasteiger partial charge in [-0.3, -0.25) is 9.52 Å². The van der Waals surface area contributed by atoms with Crippen molar-refractivity contribution in [3.05, 3.63) is 92.6 Å². The van der Waals surface area contributed by atoms with Crippen LogP contribution >= 0.6 is 43.6 Å². The van der Waals surface area contributed by atoms with Crippen LogP contribution in [0.5, 0.6) is 0 Å². The van der Waals surface area contributed by atoms with Crippen molar-refractivity contribution in [1.82, 2.24) is 4.90 Å². The topological polar surface area (TPSA) is 66.5 Å². The third kappa shape index (κ3) is 6.67. The van der Waals surface area contributed by atoms with Crippen molar-refractivity contribution in [3.63, 3.8) is 0 Å². The predicted molar refractivity (Wildman–Crippen MR) is 146 cm³/mol. The van der Waals surface area contributed by atoms with Gasteiger partial charge in [0.2, 0.25) is 0 Å². The lowest BCUT2D eigenvalue weighted by atomic mass is 10.1. The standard InChI is InChI=1S/C25H23Br2FN2O3S2/c26-18-4-1-3-17(13-18)16-30(21-9-11-34-12-10-21)25(31)23-15-22(7-8-24(23)28)35(32,33)29-20-6-2-5-19(27)14-20/h1-8,13-15,21,29H,9-12,16H2. The van der Waals surface area contributed by atoms with E-state index in [1.807, 2.05) is 36.0 Å². The molecule has 1 heterocycles. The first-order chi connectivity index (χ1) is 16.7. The molecular formula is C25H23Br2FN2O3S2. The highest BCUT2D eigenvalue weighted by Gasteiger charge is 2.29. The van der Waals surface area contributed by atoms with E-state index < -0.39 is 21.7 Å². The summed E-state index contributed by atoms with van der Waals surface area (Å²) in [7, 11) is -4.04. The van der Waals surface area contributed by atoms with Crippen LogP contribution in [0.25, 0.3) is 0 Å². The SMILES string of the molecule is O=C(c1cc(S(=O)(=O)Nc2cccc(Br)c2)ccc1F)N(Cc1cccc(Br)c1)C1CCSCC1. The molecule has 1 N–H and O–H groups in total. The Kier molecular flexibility index (Phi) is 8.57. The van der Waals surface area contributed by atoms with Crippen LogP contribution in [0.15, 0.2) is 80.6 Å². The Hall–Kier alpha value is -1.88. The van der Waals surface area contributed by atoms with Crippen molar-refractivity contribution in [3.8, 4) is 0 Å². The van der Waals surface area contributed by atoms with E-state index in [0.29, 0.717) is 16.7 Å². The van der Waals surface area contributed by atoms with Crippen molar-refractivity contribution in [2.24, 2.45) is 0 Å². The van der Waals surface area contributed by atoms with Crippen LogP contribution in [0, 0.1) is 5.82 Å². The number of carbonyl (C=O) groups excluding carboxylic acids is 1. The quantitative estimate of drug-likeness (QED) is 0.312. The number of sulfonamides is 1. The van der Waals surface area contributed by atoms with Crippen LogP contribution in [0.4, 0.5) is 10.1 Å². The second-order valence-corrected chi connectivity index (χ2v) is 12.9. The zero-order valence-electron chi connectivity index (χ0n) is 18.6. The molecule has 10 heteroatoms. The van der Waals surface area contributed by atoms with E-state index >= 15 is 0 Å². The van der Waals surface area contributed by atoms with Gasteiger partial charge in [0, 0.05) is 27.2 Å². The van der Waals surface area contributed by atoms with Crippen molar-refractivity contribution in [1.29, 1.82) is 0 Å². The van der Waals surface area contributed by atoms with Crippen LogP contribution in [0.3, 0.4) is 0 Å². The van der Waals surface area contributed by atoms with Crippen molar-refractivity contribution >= 4 is 65.2 Å². The van der Waals surface area contributed by atoms with Crippen LogP contribution in [0.2, 0.25) is 0 Å². The maximum Gasteiger partial charge on any atom is 0.261 e. The van der Waals surface area contributed by atoms with Crippen molar-refractivity contribution in [2.75, 3.05) is 16.2 Å². The smallest absolute Gasteiger partial charge is 0.261 e. The monoisotopic (exact) mass is 640 g/mol. The van der Waals surface area contributed by atoms with Crippen LogP contribution in [-0.2, 0) is 16.6 Å². The fourth-order valence-electron chi connectivity index (χ4n) is 3.95. The normalized spacial score (nSPS) is 14.5. The van der Waals surface area contributed by atoms with Gasteiger partial charge < -0.3 is 4.90 Å². The number of halogens is 3. The molecule has 1 aliphatic rings. The maximum atomic E-state index is 14.9. The lowest BCUT2D eigenvalue weighted by Crippen LogP contribution is -2.42. The highest BCUT2D eigenvalue weighted by atomic mass is 79.9. The first kappa shape index (κ1) is 26.2. The van der Waals surface area contributed by atoms with Gasteiger partial charge in [0.05, 0.1) is 10.5 Å². The first-order valence-electron chi connectivity index (χ1n) is 10.9. The number of anilines is 1. The van der Waals surface area contributed by atoms with Crippen LogP contribution in [-0.4, -0.2) is 36.8 Å². The molecule has 0 aromatic heterocycles. The summed E-state index contributed by atoms with van der Waals surface area (Å²) in [6.07, 6.45) is 1.60. The molecule has 1 saturated heterocycles. The summed E-state index contributed by atoms with van der Waals surface area (Å²) >= 11 is 8.61. The molecule has 0 atom stereocenters. The molecule has 0 unspecified atom stereocenters. The summed E-state index contributed by atoms with van der Waals surface area (Å²) in [6, 6.07) is 17.6. The number of benzene rings is 3. The van der Waals surface area contributed by atoms with E-state index in [1.165, 1.54) is 6.07 Å². The number of nitrogens with one attached hydrogen (secondary N) is 1. The number of rotatable bonds is 7. The molecule has 1 aliphatic heterocycles. The van der Waals surface area contributed by atoms with Gasteiger partial charge in [-0.15, -0.1) is 0 Å².